The van der Waals surface area contributed by atoms with Crippen LogP contribution in [0, 0.1) is 0 Å². The summed E-state index contributed by atoms with van der Waals surface area (Å²) >= 11 is 0.929. The summed E-state index contributed by atoms with van der Waals surface area (Å²) in [5.41, 5.74) is 1.17. The summed E-state index contributed by atoms with van der Waals surface area (Å²) < 4.78 is 9.92. The van der Waals surface area contributed by atoms with Gasteiger partial charge in [-0.05, 0) is 35.5 Å². The minimum Gasteiger partial charge on any atom is -0.465 e. The number of carbonyl (C=O) groups is 3. The molecule has 2 amide bonds. The highest BCUT2D eigenvalue weighted by Gasteiger charge is 2.36. The maximum atomic E-state index is 12.5. The zero-order valence-corrected chi connectivity index (χ0v) is 14.6. The van der Waals surface area contributed by atoms with Crippen molar-refractivity contribution in [3.8, 4) is 0 Å². The molecule has 0 N–H and O–H groups in total. The van der Waals surface area contributed by atoms with Gasteiger partial charge in [0.05, 0.1) is 37.5 Å². The average molecular weight is 362 g/mol. The van der Waals surface area contributed by atoms with E-state index in [-0.39, 0.29) is 17.8 Å². The molecule has 0 bridgehead atoms. The van der Waals surface area contributed by atoms with Crippen molar-refractivity contribution >= 4 is 35.0 Å². The van der Waals surface area contributed by atoms with Crippen LogP contribution in [0.3, 0.4) is 0 Å². The first kappa shape index (κ1) is 17.7. The highest BCUT2D eigenvalue weighted by Crippen LogP contribution is 2.32. The number of thioether (sulfide) groups is 1. The molecule has 3 rings (SSSR count). The molecule has 2 aliphatic rings. The SMILES string of the molecule is COC(=O)c1ccc(C=C2SC(=O)N(CN3CCOCC3)C2=O)cc1. The summed E-state index contributed by atoms with van der Waals surface area (Å²) in [6.07, 6.45) is 1.66. The van der Waals surface area contributed by atoms with Gasteiger partial charge in [-0.2, -0.15) is 0 Å². The van der Waals surface area contributed by atoms with Crippen LogP contribution >= 0.6 is 11.8 Å². The van der Waals surface area contributed by atoms with E-state index >= 15 is 0 Å². The highest BCUT2D eigenvalue weighted by atomic mass is 32.2. The lowest BCUT2D eigenvalue weighted by atomic mass is 10.1. The lowest BCUT2D eigenvalue weighted by Crippen LogP contribution is -2.45. The fourth-order valence-corrected chi connectivity index (χ4v) is 3.38. The zero-order chi connectivity index (χ0) is 17.8. The molecule has 0 unspecified atom stereocenters. The van der Waals surface area contributed by atoms with E-state index in [1.165, 1.54) is 12.0 Å². The van der Waals surface area contributed by atoms with E-state index in [1.807, 2.05) is 4.90 Å². The van der Waals surface area contributed by atoms with Gasteiger partial charge in [0.15, 0.2) is 0 Å². The molecule has 2 aliphatic heterocycles. The van der Waals surface area contributed by atoms with Gasteiger partial charge in [0.2, 0.25) is 0 Å². The van der Waals surface area contributed by atoms with Crippen molar-refractivity contribution in [2.75, 3.05) is 40.1 Å². The van der Waals surface area contributed by atoms with Crippen molar-refractivity contribution in [3.05, 3.63) is 40.3 Å². The Labute approximate surface area is 149 Å². The largest absolute Gasteiger partial charge is 0.465 e. The third-order valence-corrected chi connectivity index (χ3v) is 4.86. The smallest absolute Gasteiger partial charge is 0.337 e. The third kappa shape index (κ3) is 4.09. The fourth-order valence-electron chi connectivity index (χ4n) is 2.55. The molecule has 0 aromatic heterocycles. The van der Waals surface area contributed by atoms with E-state index in [9.17, 15) is 14.4 Å². The number of carbonyl (C=O) groups excluding carboxylic acids is 3. The van der Waals surface area contributed by atoms with Crippen LogP contribution in [-0.2, 0) is 14.3 Å². The zero-order valence-electron chi connectivity index (χ0n) is 13.8. The average Bonchev–Trinajstić information content (AvgIpc) is 2.90. The molecule has 7 nitrogen and oxygen atoms in total. The molecule has 0 atom stereocenters. The molecular formula is C17H18N2O5S. The summed E-state index contributed by atoms with van der Waals surface area (Å²) in [5, 5.41) is -0.270. The number of hydrogen-bond acceptors (Lipinski definition) is 7. The van der Waals surface area contributed by atoms with Crippen LogP contribution in [0.15, 0.2) is 29.2 Å². The van der Waals surface area contributed by atoms with Crippen LogP contribution in [0.2, 0.25) is 0 Å². The van der Waals surface area contributed by atoms with E-state index in [0.717, 1.165) is 17.3 Å². The molecule has 0 spiro atoms. The number of hydrogen-bond donors (Lipinski definition) is 0. The quantitative estimate of drug-likeness (QED) is 0.597. The number of esters is 1. The fraction of sp³-hybridized carbons (Fsp3) is 0.353. The number of imide groups is 1. The predicted octanol–water partition coefficient (Wildman–Crippen LogP) is 1.80. The Balaban J connectivity index is 1.70. The van der Waals surface area contributed by atoms with Gasteiger partial charge in [-0.3, -0.25) is 19.4 Å². The number of morpholine rings is 1. The van der Waals surface area contributed by atoms with Crippen molar-refractivity contribution in [2.45, 2.75) is 0 Å². The minimum atomic E-state index is -0.419. The van der Waals surface area contributed by atoms with Gasteiger partial charge < -0.3 is 9.47 Å². The van der Waals surface area contributed by atoms with E-state index in [2.05, 4.69) is 4.74 Å². The summed E-state index contributed by atoms with van der Waals surface area (Å²) in [5.74, 6) is -0.712. The first-order valence-electron chi connectivity index (χ1n) is 7.82. The van der Waals surface area contributed by atoms with Gasteiger partial charge in [-0.15, -0.1) is 0 Å². The normalized spacial score (nSPS) is 20.4. The molecule has 8 heteroatoms. The van der Waals surface area contributed by atoms with Crippen molar-refractivity contribution in [2.24, 2.45) is 0 Å². The first-order chi connectivity index (χ1) is 12.1. The molecule has 0 aliphatic carbocycles. The summed E-state index contributed by atoms with van der Waals surface area (Å²) in [6.45, 7) is 2.91. The van der Waals surface area contributed by atoms with Gasteiger partial charge >= 0.3 is 5.97 Å². The van der Waals surface area contributed by atoms with Gasteiger partial charge in [0.25, 0.3) is 11.1 Å². The van der Waals surface area contributed by atoms with Gasteiger partial charge in [-0.1, -0.05) is 12.1 Å². The maximum Gasteiger partial charge on any atom is 0.337 e. The van der Waals surface area contributed by atoms with Crippen LogP contribution in [0.5, 0.6) is 0 Å². The monoisotopic (exact) mass is 362 g/mol. The summed E-state index contributed by atoms with van der Waals surface area (Å²) in [4.78, 5) is 39.7. The lowest BCUT2D eigenvalue weighted by Gasteiger charge is -2.29. The van der Waals surface area contributed by atoms with Crippen LogP contribution in [0.1, 0.15) is 15.9 Å². The lowest BCUT2D eigenvalue weighted by molar-refractivity contribution is -0.125. The highest BCUT2D eigenvalue weighted by molar-refractivity contribution is 8.18. The third-order valence-electron chi connectivity index (χ3n) is 3.95. The Morgan fingerprint density at radius 3 is 2.56 bits per heavy atom. The standard InChI is InChI=1S/C17H18N2O5S/c1-23-16(21)13-4-2-12(3-5-13)10-14-15(20)19(17(22)25-14)11-18-6-8-24-9-7-18/h2-5,10H,6-9,11H2,1H3. The molecule has 132 valence electrons. The Morgan fingerprint density at radius 2 is 1.92 bits per heavy atom. The molecule has 1 aromatic rings. The van der Waals surface area contributed by atoms with E-state index in [0.29, 0.717) is 36.8 Å². The molecule has 0 radical (unpaired) electrons. The number of amides is 2. The number of nitrogens with zero attached hydrogens (tertiary/aromatic N) is 2. The number of rotatable bonds is 4. The predicted molar refractivity (Wildman–Crippen MR) is 92.9 cm³/mol. The van der Waals surface area contributed by atoms with E-state index in [4.69, 9.17) is 4.74 Å². The van der Waals surface area contributed by atoms with Gasteiger partial charge in [0, 0.05) is 13.1 Å². The van der Waals surface area contributed by atoms with Crippen molar-refractivity contribution in [3.63, 3.8) is 0 Å². The Kier molecular flexibility index (Phi) is 5.52. The van der Waals surface area contributed by atoms with E-state index in [1.54, 1.807) is 30.3 Å². The number of methoxy groups -OCH3 is 1. The van der Waals surface area contributed by atoms with Crippen LogP contribution in [0.4, 0.5) is 4.79 Å². The molecule has 1 aromatic carbocycles. The first-order valence-corrected chi connectivity index (χ1v) is 8.64. The molecular weight excluding hydrogens is 344 g/mol. The van der Waals surface area contributed by atoms with Crippen molar-refractivity contribution in [1.82, 2.24) is 9.80 Å². The maximum absolute atomic E-state index is 12.5. The Bertz CT molecular complexity index is 710. The molecule has 25 heavy (non-hydrogen) atoms. The molecule has 2 fully saturated rings. The minimum absolute atomic E-state index is 0.270. The van der Waals surface area contributed by atoms with Crippen molar-refractivity contribution < 1.29 is 23.9 Å². The molecule has 0 saturated carbocycles. The topological polar surface area (TPSA) is 76.2 Å². The Morgan fingerprint density at radius 1 is 1.24 bits per heavy atom. The Hall–Kier alpha value is -2.16. The second-order valence-corrected chi connectivity index (χ2v) is 6.59. The van der Waals surface area contributed by atoms with Gasteiger partial charge in [0.1, 0.15) is 0 Å². The second kappa shape index (κ2) is 7.81. The summed E-state index contributed by atoms with van der Waals surface area (Å²) in [7, 11) is 1.32. The van der Waals surface area contributed by atoms with Crippen LogP contribution in [-0.4, -0.2) is 67.0 Å². The second-order valence-electron chi connectivity index (χ2n) is 5.60. The van der Waals surface area contributed by atoms with Gasteiger partial charge in [-0.25, -0.2) is 4.79 Å². The summed E-state index contributed by atoms with van der Waals surface area (Å²) in [6, 6.07) is 6.66. The number of ether oxygens (including phenoxy) is 2. The van der Waals surface area contributed by atoms with E-state index < -0.39 is 5.97 Å². The molecule has 2 saturated heterocycles. The molecule has 2 heterocycles. The van der Waals surface area contributed by atoms with Crippen molar-refractivity contribution in [1.29, 1.82) is 0 Å². The number of benzene rings is 1. The van der Waals surface area contributed by atoms with Crippen LogP contribution < -0.4 is 0 Å². The van der Waals surface area contributed by atoms with Crippen LogP contribution in [0.25, 0.3) is 6.08 Å².